The maximum Gasteiger partial charge on any atom is 0.123 e. The summed E-state index contributed by atoms with van der Waals surface area (Å²) in [5.41, 5.74) is 6.91. The second-order valence-electron chi connectivity index (χ2n) is 4.05. The van der Waals surface area contributed by atoms with E-state index >= 15 is 0 Å². The van der Waals surface area contributed by atoms with Crippen LogP contribution in [0.3, 0.4) is 0 Å². The van der Waals surface area contributed by atoms with Gasteiger partial charge in [0.2, 0.25) is 0 Å². The highest BCUT2D eigenvalue weighted by Gasteiger charge is 2.20. The third-order valence-electron chi connectivity index (χ3n) is 2.76. The summed E-state index contributed by atoms with van der Waals surface area (Å²) in [6.45, 7) is 4.34. The van der Waals surface area contributed by atoms with E-state index in [1.54, 1.807) is 25.8 Å². The topological polar surface area (TPSA) is 55.5 Å². The van der Waals surface area contributed by atoms with Gasteiger partial charge < -0.3 is 15.6 Å². The lowest BCUT2D eigenvalue weighted by Crippen LogP contribution is -2.20. The van der Waals surface area contributed by atoms with E-state index in [0.29, 0.717) is 6.54 Å². The number of rotatable bonds is 6. The summed E-state index contributed by atoms with van der Waals surface area (Å²) in [6, 6.07) is 7.89. The SMILES string of the molecule is COc1ccccc1C(CN)SC(C)C(C)O. The molecular weight excluding hydrogens is 234 g/mol. The molecule has 17 heavy (non-hydrogen) atoms. The van der Waals surface area contributed by atoms with Crippen molar-refractivity contribution in [3.63, 3.8) is 0 Å². The van der Waals surface area contributed by atoms with Crippen LogP contribution in [0.15, 0.2) is 24.3 Å². The summed E-state index contributed by atoms with van der Waals surface area (Å²) in [6.07, 6.45) is -0.344. The molecule has 0 saturated heterocycles. The summed E-state index contributed by atoms with van der Waals surface area (Å²) in [4.78, 5) is 0. The van der Waals surface area contributed by atoms with E-state index in [4.69, 9.17) is 10.5 Å². The second-order valence-corrected chi connectivity index (χ2v) is 5.63. The van der Waals surface area contributed by atoms with E-state index in [1.165, 1.54) is 0 Å². The fourth-order valence-electron chi connectivity index (χ4n) is 1.56. The Labute approximate surface area is 107 Å². The number of para-hydroxylation sites is 1. The van der Waals surface area contributed by atoms with Gasteiger partial charge in [0, 0.05) is 22.6 Å². The van der Waals surface area contributed by atoms with Crippen LogP contribution in [0.2, 0.25) is 0 Å². The highest BCUT2D eigenvalue weighted by atomic mass is 32.2. The lowest BCUT2D eigenvalue weighted by Gasteiger charge is -2.23. The van der Waals surface area contributed by atoms with Gasteiger partial charge in [0.1, 0.15) is 5.75 Å². The molecule has 0 bridgehead atoms. The van der Waals surface area contributed by atoms with E-state index in [-0.39, 0.29) is 16.6 Å². The van der Waals surface area contributed by atoms with Gasteiger partial charge in [-0.2, -0.15) is 0 Å². The average Bonchev–Trinajstić information content (AvgIpc) is 2.35. The first-order valence-electron chi connectivity index (χ1n) is 5.76. The molecule has 0 aliphatic carbocycles. The van der Waals surface area contributed by atoms with Gasteiger partial charge in [-0.1, -0.05) is 25.1 Å². The number of hydrogen-bond donors (Lipinski definition) is 2. The Morgan fingerprint density at radius 1 is 1.35 bits per heavy atom. The van der Waals surface area contributed by atoms with Crippen molar-refractivity contribution < 1.29 is 9.84 Å². The van der Waals surface area contributed by atoms with Gasteiger partial charge >= 0.3 is 0 Å². The van der Waals surface area contributed by atoms with E-state index < -0.39 is 0 Å². The molecule has 0 aromatic heterocycles. The van der Waals surface area contributed by atoms with Crippen LogP contribution >= 0.6 is 11.8 Å². The van der Waals surface area contributed by atoms with Crippen molar-refractivity contribution in [3.05, 3.63) is 29.8 Å². The molecule has 3 atom stereocenters. The first-order valence-corrected chi connectivity index (χ1v) is 6.71. The van der Waals surface area contributed by atoms with E-state index in [9.17, 15) is 5.11 Å². The number of methoxy groups -OCH3 is 1. The number of benzene rings is 1. The molecule has 1 aromatic rings. The minimum absolute atomic E-state index is 0.147. The summed E-state index contributed by atoms with van der Waals surface area (Å²) in [7, 11) is 1.66. The van der Waals surface area contributed by atoms with Gasteiger partial charge in [-0.15, -0.1) is 11.8 Å². The molecule has 0 saturated carbocycles. The van der Waals surface area contributed by atoms with Gasteiger partial charge in [0.25, 0.3) is 0 Å². The smallest absolute Gasteiger partial charge is 0.123 e. The largest absolute Gasteiger partial charge is 0.496 e. The van der Waals surface area contributed by atoms with Crippen LogP contribution in [-0.4, -0.2) is 30.1 Å². The maximum atomic E-state index is 9.55. The number of ether oxygens (including phenoxy) is 1. The van der Waals surface area contributed by atoms with Crippen molar-refractivity contribution in [2.45, 2.75) is 30.5 Å². The van der Waals surface area contributed by atoms with E-state index in [2.05, 4.69) is 0 Å². The average molecular weight is 255 g/mol. The quantitative estimate of drug-likeness (QED) is 0.818. The predicted octanol–water partition coefficient (Wildman–Crippen LogP) is 2.20. The van der Waals surface area contributed by atoms with Crippen LogP contribution in [0.25, 0.3) is 0 Å². The highest BCUT2D eigenvalue weighted by Crippen LogP contribution is 2.37. The Balaban J connectivity index is 2.86. The molecule has 0 fully saturated rings. The Hall–Kier alpha value is -0.710. The third-order valence-corrected chi connectivity index (χ3v) is 4.36. The number of hydrogen-bond acceptors (Lipinski definition) is 4. The van der Waals surface area contributed by atoms with E-state index in [0.717, 1.165) is 11.3 Å². The lowest BCUT2D eigenvalue weighted by atomic mass is 10.1. The number of aliphatic hydroxyl groups excluding tert-OH is 1. The zero-order chi connectivity index (χ0) is 12.8. The molecule has 0 spiro atoms. The molecule has 0 aliphatic heterocycles. The number of aliphatic hydroxyl groups is 1. The molecule has 0 heterocycles. The zero-order valence-corrected chi connectivity index (χ0v) is 11.4. The first kappa shape index (κ1) is 14.4. The molecule has 96 valence electrons. The zero-order valence-electron chi connectivity index (χ0n) is 10.6. The van der Waals surface area contributed by atoms with Crippen LogP contribution in [0.1, 0.15) is 24.7 Å². The second kappa shape index (κ2) is 6.89. The summed E-state index contributed by atoms with van der Waals surface area (Å²) in [5, 5.41) is 9.84. The standard InChI is InChI=1S/C13H21NO2S/c1-9(15)10(2)17-13(8-14)11-6-4-5-7-12(11)16-3/h4-7,9-10,13,15H,8,14H2,1-3H3. The lowest BCUT2D eigenvalue weighted by molar-refractivity contribution is 0.196. The molecule has 0 aliphatic rings. The molecule has 0 amide bonds. The van der Waals surface area contributed by atoms with Crippen molar-refractivity contribution in [2.24, 2.45) is 5.73 Å². The van der Waals surface area contributed by atoms with Gasteiger partial charge in [-0.05, 0) is 13.0 Å². The Kier molecular flexibility index (Phi) is 5.82. The molecule has 3 unspecified atom stereocenters. The monoisotopic (exact) mass is 255 g/mol. The molecule has 0 radical (unpaired) electrons. The van der Waals surface area contributed by atoms with Gasteiger partial charge in [-0.3, -0.25) is 0 Å². The summed E-state index contributed by atoms with van der Waals surface area (Å²) >= 11 is 1.68. The van der Waals surface area contributed by atoms with Crippen molar-refractivity contribution in [2.75, 3.05) is 13.7 Å². The van der Waals surface area contributed by atoms with Crippen LogP contribution in [0, 0.1) is 0 Å². The van der Waals surface area contributed by atoms with Crippen LogP contribution in [-0.2, 0) is 0 Å². The highest BCUT2D eigenvalue weighted by molar-refractivity contribution is 8.00. The molecule has 3 nitrogen and oxygen atoms in total. The van der Waals surface area contributed by atoms with Crippen molar-refractivity contribution >= 4 is 11.8 Å². The van der Waals surface area contributed by atoms with Crippen molar-refractivity contribution in [1.82, 2.24) is 0 Å². The normalized spacial score (nSPS) is 16.3. The third kappa shape index (κ3) is 3.91. The Bertz CT molecular complexity index is 344. The number of nitrogens with two attached hydrogens (primary N) is 1. The minimum Gasteiger partial charge on any atom is -0.496 e. The maximum absolute atomic E-state index is 9.55. The van der Waals surface area contributed by atoms with Crippen molar-refractivity contribution in [3.8, 4) is 5.75 Å². The molecular formula is C13H21NO2S. The van der Waals surface area contributed by atoms with Gasteiger partial charge in [0.05, 0.1) is 13.2 Å². The van der Waals surface area contributed by atoms with Crippen molar-refractivity contribution in [1.29, 1.82) is 0 Å². The van der Waals surface area contributed by atoms with Crippen LogP contribution < -0.4 is 10.5 Å². The molecule has 4 heteroatoms. The minimum atomic E-state index is -0.344. The summed E-state index contributed by atoms with van der Waals surface area (Å²) in [5.74, 6) is 0.855. The summed E-state index contributed by atoms with van der Waals surface area (Å²) < 4.78 is 5.34. The first-order chi connectivity index (χ1) is 8.10. The van der Waals surface area contributed by atoms with Crippen LogP contribution in [0.5, 0.6) is 5.75 Å². The molecule has 1 rings (SSSR count). The Morgan fingerprint density at radius 2 is 2.00 bits per heavy atom. The Morgan fingerprint density at radius 3 is 2.53 bits per heavy atom. The molecule has 1 aromatic carbocycles. The predicted molar refractivity (Wildman–Crippen MR) is 73.5 cm³/mol. The number of thioether (sulfide) groups is 1. The van der Waals surface area contributed by atoms with Crippen LogP contribution in [0.4, 0.5) is 0 Å². The van der Waals surface area contributed by atoms with Gasteiger partial charge in [-0.25, -0.2) is 0 Å². The molecule has 3 N–H and O–H groups in total. The van der Waals surface area contributed by atoms with Gasteiger partial charge in [0.15, 0.2) is 0 Å². The fourth-order valence-corrected chi connectivity index (χ4v) is 2.76. The van der Waals surface area contributed by atoms with E-state index in [1.807, 2.05) is 31.2 Å². The fraction of sp³-hybridized carbons (Fsp3) is 0.538.